The van der Waals surface area contributed by atoms with E-state index in [0.29, 0.717) is 16.6 Å². The van der Waals surface area contributed by atoms with Gasteiger partial charge in [-0.05, 0) is 49.8 Å². The molecule has 0 unspecified atom stereocenters. The zero-order chi connectivity index (χ0) is 32.4. The fourth-order valence-electron chi connectivity index (χ4n) is 5.46. The number of aromatic nitrogens is 5. The van der Waals surface area contributed by atoms with Crippen molar-refractivity contribution in [3.8, 4) is 0 Å². The van der Waals surface area contributed by atoms with E-state index >= 15 is 0 Å². The van der Waals surface area contributed by atoms with E-state index in [-0.39, 0.29) is 36.6 Å². The molecule has 2 heterocycles. The summed E-state index contributed by atoms with van der Waals surface area (Å²) in [5.41, 5.74) is 6.77. The van der Waals surface area contributed by atoms with Crippen LogP contribution in [0, 0.1) is 5.92 Å². The Morgan fingerprint density at radius 3 is 2.39 bits per heavy atom. The van der Waals surface area contributed by atoms with Crippen LogP contribution in [0.1, 0.15) is 97.8 Å². The summed E-state index contributed by atoms with van der Waals surface area (Å²) in [6, 6.07) is 4.17. The van der Waals surface area contributed by atoms with Crippen molar-refractivity contribution in [2.24, 2.45) is 11.7 Å². The predicted octanol–water partition coefficient (Wildman–Crippen LogP) is 6.07. The minimum Gasteiger partial charge on any atom is -0.364 e. The van der Waals surface area contributed by atoms with Gasteiger partial charge in [-0.25, -0.2) is 18.4 Å². The quantitative estimate of drug-likeness (QED) is 0.220. The molecule has 2 atom stereocenters. The van der Waals surface area contributed by atoms with Crippen LogP contribution in [0.25, 0.3) is 11.0 Å². The number of hydrogen-bond acceptors (Lipinski definition) is 5. The van der Waals surface area contributed by atoms with Gasteiger partial charge in [0.1, 0.15) is 17.2 Å². The summed E-state index contributed by atoms with van der Waals surface area (Å²) in [4.78, 5) is 32.2. The molecule has 0 saturated heterocycles. The number of primary amides is 1. The second kappa shape index (κ2) is 12.7. The summed E-state index contributed by atoms with van der Waals surface area (Å²) < 4.78 is 105. The second-order valence-corrected chi connectivity index (χ2v) is 11.1. The van der Waals surface area contributed by atoms with E-state index in [1.54, 1.807) is 25.1 Å². The highest BCUT2D eigenvalue weighted by Gasteiger charge is 2.42. The highest BCUT2D eigenvalue weighted by atomic mass is 19.4. The van der Waals surface area contributed by atoms with Crippen LogP contribution in [0.4, 0.5) is 35.1 Å². The highest BCUT2D eigenvalue weighted by Crippen LogP contribution is 2.45. The maximum absolute atomic E-state index is 14.1. The summed E-state index contributed by atoms with van der Waals surface area (Å²) >= 11 is 0. The largest absolute Gasteiger partial charge is 0.389 e. The molecule has 0 bridgehead atoms. The second-order valence-electron chi connectivity index (χ2n) is 11.1. The van der Waals surface area contributed by atoms with Crippen LogP contribution in [0.5, 0.6) is 0 Å². The van der Waals surface area contributed by atoms with Gasteiger partial charge in [0.25, 0.3) is 5.91 Å². The van der Waals surface area contributed by atoms with Crippen LogP contribution >= 0.6 is 0 Å². The van der Waals surface area contributed by atoms with Gasteiger partial charge >= 0.3 is 12.4 Å². The lowest BCUT2D eigenvalue weighted by molar-refractivity contribution is -0.144. The molecule has 3 aromatic rings. The third kappa shape index (κ3) is 8.43. The number of nitrogens with two attached hydrogens (primary N) is 1. The molecule has 17 heteroatoms. The Labute approximate surface area is 245 Å². The Bertz CT molecular complexity index is 1470. The number of nitrogens with one attached hydrogen (secondary N) is 2. The van der Waals surface area contributed by atoms with Gasteiger partial charge in [0.15, 0.2) is 0 Å². The zero-order valence-corrected chi connectivity index (χ0v) is 23.5. The molecule has 9 nitrogen and oxygen atoms in total. The van der Waals surface area contributed by atoms with Crippen LogP contribution in [-0.4, -0.2) is 55.1 Å². The third-order valence-electron chi connectivity index (χ3n) is 7.68. The summed E-state index contributed by atoms with van der Waals surface area (Å²) in [6.45, 7) is 1.28. The molecule has 44 heavy (non-hydrogen) atoms. The van der Waals surface area contributed by atoms with Crippen molar-refractivity contribution in [3.05, 3.63) is 41.0 Å². The smallest absolute Gasteiger partial charge is 0.364 e. The van der Waals surface area contributed by atoms with Crippen molar-refractivity contribution in [2.45, 2.75) is 95.1 Å². The number of alkyl halides is 8. The normalized spacial score (nSPS) is 17.5. The van der Waals surface area contributed by atoms with E-state index < -0.39 is 86.5 Å². The lowest BCUT2D eigenvalue weighted by Crippen LogP contribution is -2.30. The first-order valence-corrected chi connectivity index (χ1v) is 14.0. The molecule has 4 rings (SSSR count). The molecule has 0 aliphatic heterocycles. The molecule has 1 aliphatic carbocycles. The highest BCUT2D eigenvalue weighted by molar-refractivity contribution is 5.92. The number of hydrogen-bond donors (Lipinski definition) is 3. The minimum absolute atomic E-state index is 0.00398. The van der Waals surface area contributed by atoms with Crippen LogP contribution in [0.15, 0.2) is 18.2 Å². The standard InChI is InChI=1S/C27H31F8N7O2/c1-14(37-19(43)7-11-27(33,34)35)16-3-4-17-18(13-16)39-24(38-17)20(15-5-9-25(28,29)10-6-15)21-22(23(36)44)42(41-40-21)12-2-8-26(30,31)32/h3-4,13-15,20H,2,5-12H2,1H3,(H2,36,44)(H,37,43)(H,38,39)/t14-,20+/m1/s1. The number of rotatable bonds is 11. The van der Waals surface area contributed by atoms with Crippen LogP contribution in [0.3, 0.4) is 0 Å². The van der Waals surface area contributed by atoms with Crippen molar-refractivity contribution in [3.63, 3.8) is 0 Å². The Morgan fingerprint density at radius 1 is 1.11 bits per heavy atom. The van der Waals surface area contributed by atoms with Crippen molar-refractivity contribution >= 4 is 22.8 Å². The maximum atomic E-state index is 14.1. The van der Waals surface area contributed by atoms with Crippen LogP contribution in [0.2, 0.25) is 0 Å². The fraction of sp³-hybridized carbons (Fsp3) is 0.593. The van der Waals surface area contributed by atoms with E-state index in [1.165, 1.54) is 0 Å². The Morgan fingerprint density at radius 2 is 1.77 bits per heavy atom. The van der Waals surface area contributed by atoms with Gasteiger partial charge in [0.2, 0.25) is 11.8 Å². The molecule has 1 saturated carbocycles. The van der Waals surface area contributed by atoms with Gasteiger partial charge in [0.05, 0.1) is 29.4 Å². The number of amides is 2. The first kappa shape index (κ1) is 33.1. The lowest BCUT2D eigenvalue weighted by atomic mass is 9.76. The molecule has 0 radical (unpaired) electrons. The first-order chi connectivity index (χ1) is 20.4. The minimum atomic E-state index is -4.47. The maximum Gasteiger partial charge on any atom is 0.389 e. The molecule has 1 aromatic carbocycles. The fourth-order valence-corrected chi connectivity index (χ4v) is 5.46. The van der Waals surface area contributed by atoms with Gasteiger partial charge < -0.3 is 16.0 Å². The monoisotopic (exact) mass is 637 g/mol. The molecule has 2 aromatic heterocycles. The van der Waals surface area contributed by atoms with Crippen molar-refractivity contribution in [1.29, 1.82) is 0 Å². The molecule has 0 spiro atoms. The Hall–Kier alpha value is -3.79. The number of nitrogens with zero attached hydrogens (tertiary/aromatic N) is 4. The number of imidazole rings is 1. The molecule has 242 valence electrons. The topological polar surface area (TPSA) is 132 Å². The van der Waals surface area contributed by atoms with Gasteiger partial charge in [-0.3, -0.25) is 9.59 Å². The van der Waals surface area contributed by atoms with Crippen LogP contribution in [-0.2, 0) is 11.3 Å². The third-order valence-corrected chi connectivity index (χ3v) is 7.68. The average molecular weight is 638 g/mol. The number of benzene rings is 1. The van der Waals surface area contributed by atoms with E-state index in [9.17, 15) is 44.7 Å². The summed E-state index contributed by atoms with van der Waals surface area (Å²) in [5.74, 6) is -5.82. The number of carbonyl (C=O) groups is 2. The van der Waals surface area contributed by atoms with E-state index in [0.717, 1.165) is 4.68 Å². The Kier molecular flexibility index (Phi) is 9.54. The predicted molar refractivity (Wildman–Crippen MR) is 141 cm³/mol. The van der Waals surface area contributed by atoms with E-state index in [2.05, 4.69) is 25.6 Å². The summed E-state index contributed by atoms with van der Waals surface area (Å²) in [6.07, 6.45) is -13.2. The average Bonchev–Trinajstić information content (AvgIpc) is 3.51. The van der Waals surface area contributed by atoms with Crippen molar-refractivity contribution in [1.82, 2.24) is 30.3 Å². The summed E-state index contributed by atoms with van der Waals surface area (Å²) in [5, 5.41) is 10.5. The molecule has 1 aliphatic rings. The molecule has 4 N–H and O–H groups in total. The van der Waals surface area contributed by atoms with Crippen molar-refractivity contribution in [2.75, 3.05) is 0 Å². The van der Waals surface area contributed by atoms with Gasteiger partial charge in [-0.1, -0.05) is 11.3 Å². The molecular weight excluding hydrogens is 606 g/mol. The number of aryl methyl sites for hydroxylation is 1. The number of halogens is 8. The summed E-state index contributed by atoms with van der Waals surface area (Å²) in [7, 11) is 0. The molecule has 1 fully saturated rings. The van der Waals surface area contributed by atoms with Crippen molar-refractivity contribution < 1.29 is 44.7 Å². The number of H-pyrrole nitrogens is 1. The first-order valence-electron chi connectivity index (χ1n) is 14.0. The van der Waals surface area contributed by atoms with Crippen LogP contribution < -0.4 is 11.1 Å². The number of carbonyl (C=O) groups excluding carboxylic acids is 2. The van der Waals surface area contributed by atoms with Gasteiger partial charge in [-0.15, -0.1) is 5.10 Å². The lowest BCUT2D eigenvalue weighted by Gasteiger charge is -2.32. The number of fused-ring (bicyclic) bond motifs is 1. The van der Waals surface area contributed by atoms with E-state index in [4.69, 9.17) is 5.73 Å². The Balaban J connectivity index is 1.66. The van der Waals surface area contributed by atoms with Gasteiger partial charge in [-0.2, -0.15) is 26.3 Å². The molecule has 2 amide bonds. The SMILES string of the molecule is C[C@@H](NC(=O)CCC(F)(F)F)c1ccc2nc([C@H](c3nnn(CCCC(F)(F)F)c3C(N)=O)C3CCC(F)(F)CC3)[nH]c2c1. The van der Waals surface area contributed by atoms with E-state index in [1.807, 2.05) is 0 Å². The van der Waals surface area contributed by atoms with Gasteiger partial charge in [0, 0.05) is 32.2 Å². The molecular formula is C27H31F8N7O2. The number of aromatic amines is 1. The zero-order valence-electron chi connectivity index (χ0n) is 23.5.